The van der Waals surface area contributed by atoms with Gasteiger partial charge >= 0.3 is 5.97 Å². The number of carbonyl (C=O) groups is 3. The van der Waals surface area contributed by atoms with Gasteiger partial charge in [0.1, 0.15) is 12.2 Å². The van der Waals surface area contributed by atoms with Crippen molar-refractivity contribution in [3.63, 3.8) is 0 Å². The van der Waals surface area contributed by atoms with E-state index in [1.54, 1.807) is 11.8 Å². The second-order valence-electron chi connectivity index (χ2n) is 10.1. The van der Waals surface area contributed by atoms with E-state index in [1.165, 1.54) is 6.92 Å². The number of aliphatic hydroxyl groups is 3. The number of nitrogens with one attached hydrogen (secondary N) is 2. The average molecular weight is 605 g/mol. The highest BCUT2D eigenvalue weighted by atomic mass is 32.2. The van der Waals surface area contributed by atoms with Crippen molar-refractivity contribution in [3.05, 3.63) is 60.2 Å². The highest BCUT2D eigenvalue weighted by molar-refractivity contribution is 7.99. The third-order valence-electron chi connectivity index (χ3n) is 6.91. The number of aliphatic carboxylic acids is 1. The first-order valence-electron chi connectivity index (χ1n) is 13.9. The molecule has 0 aromatic heterocycles. The Morgan fingerprint density at radius 1 is 1.10 bits per heavy atom. The largest absolute Gasteiger partial charge is 0.477 e. The van der Waals surface area contributed by atoms with Crippen LogP contribution in [0.4, 0.5) is 0 Å². The number of hydrogen-bond donors (Lipinski definition) is 6. The van der Waals surface area contributed by atoms with E-state index in [0.29, 0.717) is 6.42 Å². The number of hydrogen-bond acceptors (Lipinski definition) is 9. The molecular weight excluding hydrogens is 564 g/mol. The maximum absolute atomic E-state index is 12.6. The van der Waals surface area contributed by atoms with E-state index in [-0.39, 0.29) is 19.6 Å². The predicted molar refractivity (Wildman–Crippen MR) is 158 cm³/mol. The van der Waals surface area contributed by atoms with E-state index in [1.807, 2.05) is 61.5 Å². The number of benzene rings is 2. The number of ether oxygens (including phenoxy) is 2. The number of aliphatic hydroxyl groups excluding tert-OH is 3. The second kappa shape index (κ2) is 16.0. The topological polar surface area (TPSA) is 175 Å². The van der Waals surface area contributed by atoms with Crippen LogP contribution in [0.25, 0.3) is 11.1 Å². The molecule has 12 heteroatoms. The van der Waals surface area contributed by atoms with Crippen LogP contribution in [-0.4, -0.2) is 99.1 Å². The Morgan fingerprint density at radius 3 is 2.38 bits per heavy atom. The van der Waals surface area contributed by atoms with Crippen LogP contribution in [0.2, 0.25) is 0 Å². The zero-order valence-corrected chi connectivity index (χ0v) is 24.6. The third-order valence-corrected chi connectivity index (χ3v) is 7.89. The Hall–Kier alpha value is -3.00. The van der Waals surface area contributed by atoms with Crippen molar-refractivity contribution in [3.8, 4) is 11.1 Å². The number of rotatable bonds is 15. The molecule has 0 bridgehead atoms. The lowest BCUT2D eigenvalue weighted by Gasteiger charge is -2.46. The lowest BCUT2D eigenvalue weighted by molar-refractivity contribution is -0.310. The quantitative estimate of drug-likeness (QED) is 0.163. The number of carboxylic acids is 1. The van der Waals surface area contributed by atoms with Gasteiger partial charge in [-0.05, 0) is 34.6 Å². The third kappa shape index (κ3) is 9.25. The van der Waals surface area contributed by atoms with Crippen LogP contribution in [0.5, 0.6) is 0 Å². The fourth-order valence-corrected chi connectivity index (χ4v) is 5.35. The van der Waals surface area contributed by atoms with Crippen molar-refractivity contribution < 1.29 is 44.3 Å². The molecule has 0 radical (unpaired) electrons. The van der Waals surface area contributed by atoms with Crippen LogP contribution in [0, 0.1) is 0 Å². The van der Waals surface area contributed by atoms with Crippen molar-refractivity contribution >= 4 is 29.5 Å². The molecule has 3 rings (SSSR count). The number of carbonyl (C=O) groups excluding carboxylic acids is 2. The number of carboxylic acid groups (broad SMARTS) is 1. The lowest BCUT2D eigenvalue weighted by Crippen LogP contribution is -2.68. The van der Waals surface area contributed by atoms with Crippen LogP contribution in [0.3, 0.4) is 0 Å². The maximum atomic E-state index is 12.6. The van der Waals surface area contributed by atoms with E-state index >= 15 is 0 Å². The summed E-state index contributed by atoms with van der Waals surface area (Å²) in [5.74, 6) is -3.16. The minimum absolute atomic E-state index is 0.0184. The second-order valence-corrected chi connectivity index (χ2v) is 11.5. The van der Waals surface area contributed by atoms with Gasteiger partial charge in [-0.2, -0.15) is 11.8 Å². The summed E-state index contributed by atoms with van der Waals surface area (Å²) in [6.45, 7) is 2.82. The molecule has 0 saturated carbocycles. The molecule has 6 atom stereocenters. The first-order chi connectivity index (χ1) is 20.1. The Labute approximate surface area is 249 Å². The summed E-state index contributed by atoms with van der Waals surface area (Å²) in [6, 6.07) is 16.0. The monoisotopic (exact) mass is 604 g/mol. The molecule has 0 spiro atoms. The fourth-order valence-electron chi connectivity index (χ4n) is 4.74. The molecule has 2 amide bonds. The summed E-state index contributed by atoms with van der Waals surface area (Å²) < 4.78 is 11.3. The molecule has 1 aliphatic heterocycles. The summed E-state index contributed by atoms with van der Waals surface area (Å²) in [4.78, 5) is 36.7. The molecule has 6 N–H and O–H groups in total. The van der Waals surface area contributed by atoms with E-state index in [2.05, 4.69) is 10.6 Å². The molecule has 230 valence electrons. The van der Waals surface area contributed by atoms with Gasteiger partial charge in [-0.25, -0.2) is 4.79 Å². The Kier molecular flexibility index (Phi) is 12.8. The van der Waals surface area contributed by atoms with Gasteiger partial charge in [0.05, 0.1) is 31.3 Å². The van der Waals surface area contributed by atoms with Gasteiger partial charge < -0.3 is 40.5 Å². The SMILES string of the molecule is CCSCCCO[C@]1(C(=O)O)C[C@H](O)[C@@H](NC(C)=O)[C@H](C(O)[C@H](O)CNC(=O)Cc2ccc(-c3ccccc3)cc2)O1. The first kappa shape index (κ1) is 33.5. The van der Waals surface area contributed by atoms with Gasteiger partial charge in [-0.15, -0.1) is 0 Å². The summed E-state index contributed by atoms with van der Waals surface area (Å²) in [5, 5.41) is 47.5. The molecule has 1 unspecified atom stereocenters. The minimum Gasteiger partial charge on any atom is -0.477 e. The molecule has 1 aliphatic rings. The van der Waals surface area contributed by atoms with E-state index in [4.69, 9.17) is 9.47 Å². The van der Waals surface area contributed by atoms with Crippen LogP contribution in [0.15, 0.2) is 54.6 Å². The number of amides is 2. The van der Waals surface area contributed by atoms with Crippen molar-refractivity contribution in [1.29, 1.82) is 0 Å². The summed E-state index contributed by atoms with van der Waals surface area (Å²) in [6.07, 6.45) is -6.39. The molecule has 1 heterocycles. The van der Waals surface area contributed by atoms with E-state index in [0.717, 1.165) is 28.2 Å². The Balaban J connectivity index is 1.63. The van der Waals surface area contributed by atoms with Gasteiger partial charge in [0.25, 0.3) is 5.79 Å². The molecule has 0 aliphatic carbocycles. The molecule has 2 aromatic rings. The standard InChI is InChI=1S/C30H40N2O9S/c1-3-42-15-7-14-40-30(29(38)39)17-23(34)26(32-19(2)33)28(41-30)27(37)24(35)18-31-25(36)16-20-10-12-22(13-11-20)21-8-5-4-6-9-21/h4-6,8-13,23-24,26-28,34-35,37H,3,7,14-18H2,1-2H3,(H,31,36)(H,32,33)(H,38,39)/t23-,24+,26+,27?,28+,30+/m0/s1. The van der Waals surface area contributed by atoms with Gasteiger partial charge in [0.15, 0.2) is 0 Å². The summed E-state index contributed by atoms with van der Waals surface area (Å²) in [5.41, 5.74) is 2.79. The zero-order valence-electron chi connectivity index (χ0n) is 23.8. The van der Waals surface area contributed by atoms with Gasteiger partial charge in [0.2, 0.25) is 11.8 Å². The molecule has 1 saturated heterocycles. The van der Waals surface area contributed by atoms with Crippen molar-refractivity contribution in [2.75, 3.05) is 24.7 Å². The van der Waals surface area contributed by atoms with Gasteiger partial charge in [-0.1, -0.05) is 61.5 Å². The minimum atomic E-state index is -2.30. The Morgan fingerprint density at radius 2 is 1.76 bits per heavy atom. The van der Waals surface area contributed by atoms with Gasteiger partial charge in [-0.3, -0.25) is 9.59 Å². The van der Waals surface area contributed by atoms with Crippen molar-refractivity contribution in [2.45, 2.75) is 69.4 Å². The molecule has 2 aromatic carbocycles. The fraction of sp³-hybridized carbons (Fsp3) is 0.500. The lowest BCUT2D eigenvalue weighted by atomic mass is 9.88. The van der Waals surface area contributed by atoms with Crippen molar-refractivity contribution in [1.82, 2.24) is 10.6 Å². The zero-order chi connectivity index (χ0) is 30.7. The highest BCUT2D eigenvalue weighted by Crippen LogP contribution is 2.34. The van der Waals surface area contributed by atoms with Crippen molar-refractivity contribution in [2.24, 2.45) is 0 Å². The number of thioether (sulfide) groups is 1. The predicted octanol–water partition coefficient (Wildman–Crippen LogP) is 1.33. The molecular formula is C30H40N2O9S. The highest BCUT2D eigenvalue weighted by Gasteiger charge is 2.55. The summed E-state index contributed by atoms with van der Waals surface area (Å²) in [7, 11) is 0. The smallest absolute Gasteiger partial charge is 0.364 e. The normalized spacial score (nSPS) is 23.5. The van der Waals surface area contributed by atoms with Crippen LogP contribution in [0.1, 0.15) is 32.3 Å². The van der Waals surface area contributed by atoms with E-state index in [9.17, 15) is 34.8 Å². The van der Waals surface area contributed by atoms with Crippen LogP contribution < -0.4 is 10.6 Å². The Bertz CT molecular complexity index is 1170. The van der Waals surface area contributed by atoms with Crippen LogP contribution >= 0.6 is 11.8 Å². The molecule has 42 heavy (non-hydrogen) atoms. The molecule has 1 fully saturated rings. The molecule has 11 nitrogen and oxygen atoms in total. The average Bonchev–Trinajstić information content (AvgIpc) is 2.97. The first-order valence-corrected chi connectivity index (χ1v) is 15.1. The van der Waals surface area contributed by atoms with Gasteiger partial charge in [0, 0.05) is 19.9 Å². The summed E-state index contributed by atoms with van der Waals surface area (Å²) >= 11 is 1.65. The van der Waals surface area contributed by atoms with Crippen LogP contribution in [-0.2, 0) is 30.3 Å². The van der Waals surface area contributed by atoms with E-state index < -0.39 is 60.4 Å². The maximum Gasteiger partial charge on any atom is 0.364 e.